The summed E-state index contributed by atoms with van der Waals surface area (Å²) in [5.74, 6) is -0.471. The van der Waals surface area contributed by atoms with E-state index in [1.54, 1.807) is 96.1 Å². The number of hydrogen-bond donors (Lipinski definition) is 8. The fraction of sp³-hybridized carbons (Fsp3) is 0.343. The molecule has 1 unspecified atom stereocenters. The van der Waals surface area contributed by atoms with E-state index in [1.807, 2.05) is 0 Å². The van der Waals surface area contributed by atoms with E-state index in [1.165, 1.54) is 53.1 Å². The maximum atomic E-state index is 13.3. The normalized spacial score (nSPS) is 12.9. The Morgan fingerprint density at radius 3 is 1.21 bits per heavy atom. The average Bonchev–Trinajstić information content (AvgIpc) is 1.64. The van der Waals surface area contributed by atoms with Crippen LogP contribution in [0.1, 0.15) is 87.3 Å². The number of benzene rings is 5. The van der Waals surface area contributed by atoms with E-state index in [0.29, 0.717) is 70.4 Å². The molecule has 5 atom stereocenters. The number of nitrogens with zero attached hydrogens (tertiary/aromatic N) is 9. The Morgan fingerprint density at radius 1 is 0.544 bits per heavy atom. The van der Waals surface area contributed by atoms with Crippen LogP contribution in [0.25, 0.3) is 30.6 Å². The van der Waals surface area contributed by atoms with Gasteiger partial charge in [-0.15, -0.1) is 50.6 Å². The molecule has 0 aliphatic rings. The van der Waals surface area contributed by atoms with Gasteiger partial charge in [0.1, 0.15) is 72.6 Å². The molecule has 33 nitrogen and oxygen atoms in total. The molecule has 47 heteroatoms. The van der Waals surface area contributed by atoms with Gasteiger partial charge >= 0.3 is 36.2 Å². The summed E-state index contributed by atoms with van der Waals surface area (Å²) in [6.45, 7) is 10.9. The minimum Gasteiger partial charge on any atom is -0.487 e. The number of halogens is 6. The van der Waals surface area contributed by atoms with Crippen molar-refractivity contribution >= 4 is 133 Å². The zero-order chi connectivity index (χ0) is 83.5. The smallest absolute Gasteiger partial charge is 0.416 e. The van der Waals surface area contributed by atoms with Crippen LogP contribution in [0.15, 0.2) is 129 Å². The van der Waals surface area contributed by atoms with Crippen LogP contribution in [0.3, 0.4) is 0 Å². The summed E-state index contributed by atoms with van der Waals surface area (Å²) in [4.78, 5) is 70.0. The zero-order valence-electron chi connectivity index (χ0n) is 61.2. The number of carbonyl (C=O) groups is 5. The molecule has 0 bridgehead atoms. The number of esters is 2. The zero-order valence-corrected chi connectivity index (χ0v) is 69.1. The van der Waals surface area contributed by atoms with Crippen LogP contribution < -0.4 is 46.4 Å². The van der Waals surface area contributed by atoms with Gasteiger partial charge in [0, 0.05) is 35.9 Å². The Bertz CT molecular complexity index is 5340. The first-order valence-electron chi connectivity index (χ1n) is 32.4. The molecule has 5 aromatic carbocycles. The number of ether oxygens (including phenoxy) is 5. The van der Waals surface area contributed by atoms with Gasteiger partial charge in [-0.1, -0.05) is 82.2 Å². The molecule has 0 fully saturated rings. The standard InChI is InChI=1S/C26H27F3N6O6S2.C15H17N5O5S2.C11H12F3NO2.C10H8N2O3S2.C5H11NO2.B.W/c1-14(2)22(23(36)31-20(24(37)40-3)10-15-4-6-16(7-5-15)26(27,28)29)35-12-17(33-34-35)13-41-18-8-9-19-21(11-18)42-25(32-19)43(30,38)39;1-8(2)13(14(21)22)20-6-9(18-19-20)7-25-10-3-4-11-12(5-10)26-15(17-11)27(16,23)24;1-17-10(16)9(15)6-7-2-4-8(5-3-7)11(12,13)14;1-2-5-15-7-3-4-8-9(6-7)16-10(12-8)17(11,13)14;1-3(2)4(6)5(7)8;;/h4-9,11-12,14,20,22H,10,13H2,1-3H3,(H,31,36)(H2,30,38,39);3-6,8,13H,7H2,1-2H3,(H,21,22)(H2,16,23,24);2-5,9H,6,15H2,1H3;1,3-4,6H,5H2,(H2,11,13,14);3-4H,6H2,1-2H3,(H,7,8);;/t20-,22-;13-;9-;;;;/m000..../s1. The van der Waals surface area contributed by atoms with Gasteiger partial charge in [0.25, 0.3) is 30.1 Å². The number of amides is 1. The Morgan fingerprint density at radius 2 is 0.904 bits per heavy atom. The molecule has 0 saturated carbocycles. The Balaban J connectivity index is 0.000000329. The first-order chi connectivity index (χ1) is 52.2. The van der Waals surface area contributed by atoms with E-state index < -0.39 is 114 Å². The molecule has 613 valence electrons. The van der Waals surface area contributed by atoms with E-state index in [2.05, 4.69) is 51.6 Å². The number of sulfonamides is 3. The molecule has 0 spiro atoms. The number of hydrogen-bond acceptors (Lipinski definition) is 28. The maximum Gasteiger partial charge on any atom is 0.416 e. The summed E-state index contributed by atoms with van der Waals surface area (Å²) >= 11 is 2.86. The summed E-state index contributed by atoms with van der Waals surface area (Å²) in [5.41, 5.74) is 12.4. The van der Waals surface area contributed by atoms with Crippen LogP contribution in [-0.2, 0) is 123 Å². The molecular weight excluding hydrogens is 1800 g/mol. The minimum absolute atomic E-state index is 0. The number of fused-ring (bicyclic) bond motifs is 3. The molecule has 0 aliphatic carbocycles. The van der Waals surface area contributed by atoms with Crippen molar-refractivity contribution in [3.8, 4) is 29.6 Å². The van der Waals surface area contributed by atoms with Crippen molar-refractivity contribution in [1.82, 2.24) is 50.3 Å². The van der Waals surface area contributed by atoms with Gasteiger partial charge in [-0.2, -0.15) is 26.3 Å². The Hall–Kier alpha value is -9.66. The van der Waals surface area contributed by atoms with Gasteiger partial charge in [-0.25, -0.2) is 74.6 Å². The van der Waals surface area contributed by atoms with Crippen LogP contribution in [0.4, 0.5) is 26.3 Å². The second kappa shape index (κ2) is 42.1. The van der Waals surface area contributed by atoms with Gasteiger partial charge in [0.05, 0.1) is 68.4 Å². The fourth-order valence-electron chi connectivity index (χ4n) is 9.45. The monoisotopic (exact) mass is 1880 g/mol. The number of alkyl halides is 6. The number of nitrogens with two attached hydrogens (primary N) is 5. The number of primary sulfonamides is 3. The Labute approximate surface area is 676 Å². The predicted octanol–water partition coefficient (Wildman–Crippen LogP) is 7.00. The number of carboxylic acids is 2. The number of terminal acetylenes is 1. The van der Waals surface area contributed by atoms with E-state index in [9.17, 15) is 80.7 Å². The summed E-state index contributed by atoms with van der Waals surface area (Å²) in [6.07, 6.45) is -0.703. The predicted molar refractivity (Wildman–Crippen MR) is 402 cm³/mol. The third kappa shape index (κ3) is 28.7. The first-order valence-corrected chi connectivity index (χ1v) is 39.5. The molecule has 10 rings (SSSR count). The molecule has 13 N–H and O–H groups in total. The number of aliphatic carboxylic acids is 2. The molecule has 0 saturated heterocycles. The average molecular weight is 1880 g/mol. The van der Waals surface area contributed by atoms with Crippen LogP contribution in [0, 0.1) is 30.1 Å². The van der Waals surface area contributed by atoms with Crippen LogP contribution >= 0.6 is 34.0 Å². The fourth-order valence-corrected chi connectivity index (χ4v) is 14.5. The van der Waals surface area contributed by atoms with Crippen molar-refractivity contribution in [3.63, 3.8) is 0 Å². The van der Waals surface area contributed by atoms with Gasteiger partial charge in [-0.3, -0.25) is 14.4 Å². The van der Waals surface area contributed by atoms with E-state index >= 15 is 0 Å². The van der Waals surface area contributed by atoms with Crippen molar-refractivity contribution in [3.05, 3.63) is 149 Å². The van der Waals surface area contributed by atoms with Crippen molar-refractivity contribution in [2.75, 3.05) is 20.8 Å². The molecular formula is C67H75BF6N15O18S6W. The number of rotatable bonds is 26. The quantitative estimate of drug-likeness (QED) is 0.0117. The second-order valence-electron chi connectivity index (χ2n) is 24.7. The van der Waals surface area contributed by atoms with E-state index in [-0.39, 0.29) is 92.9 Å². The molecule has 3 radical (unpaired) electrons. The topological polar surface area (TPSA) is 517 Å². The minimum atomic E-state index is -4.50. The third-order valence-corrected chi connectivity index (χ3v) is 22.1. The number of methoxy groups -OCH3 is 2. The van der Waals surface area contributed by atoms with Crippen LogP contribution in [0.2, 0.25) is 0 Å². The van der Waals surface area contributed by atoms with E-state index in [0.717, 1.165) is 65.4 Å². The van der Waals surface area contributed by atoms with Gasteiger partial charge in [0.2, 0.25) is 18.9 Å². The van der Waals surface area contributed by atoms with Crippen LogP contribution in [-0.4, -0.2) is 158 Å². The van der Waals surface area contributed by atoms with Crippen molar-refractivity contribution < 1.29 is 131 Å². The number of carbonyl (C=O) groups excluding carboxylic acids is 3. The first kappa shape index (κ1) is 96.7. The summed E-state index contributed by atoms with van der Waals surface area (Å²) < 4.78 is 174. The summed E-state index contributed by atoms with van der Waals surface area (Å²) in [6, 6.07) is 19.1. The Kier molecular flexibility index (Phi) is 35.7. The number of carboxylic acid groups (broad SMARTS) is 2. The molecule has 10 aromatic rings. The second-order valence-corrected chi connectivity index (χ2v) is 33.0. The number of nitrogens with one attached hydrogen (secondary N) is 1. The number of thiazole rings is 3. The molecule has 114 heavy (non-hydrogen) atoms. The summed E-state index contributed by atoms with van der Waals surface area (Å²) in [7, 11) is -9.21. The van der Waals surface area contributed by atoms with Gasteiger partial charge in [-0.05, 0) is 114 Å². The molecule has 1 amide bonds. The van der Waals surface area contributed by atoms with Crippen LogP contribution in [0.5, 0.6) is 17.2 Å². The molecule has 0 aliphatic heterocycles. The SMILES string of the molecule is C#CCOc1ccc2nc(S(N)(=O)=O)sc2c1.CC(C)C(N)C(=O)O.CC(C)[C@@H](C(=O)O)n1cc(COc2ccc3nc(S(N)(=O)=O)sc3c2)nn1.COC(=O)[C@@H](N)Cc1ccc(C(F)(F)F)cc1.COC(=O)[C@H](Cc1ccc(C(F)(F)F)cc1)NC(=O)[C@H](C(C)C)n1cc(COc2ccc3nc(S(N)(=O)=O)sc3c2)nn1.[B].[W]. The molecule has 5 heterocycles. The van der Waals surface area contributed by atoms with E-state index in [4.69, 9.17) is 57.4 Å². The van der Waals surface area contributed by atoms with Crippen molar-refractivity contribution in [1.29, 1.82) is 0 Å². The number of aromatic nitrogens is 9. The van der Waals surface area contributed by atoms with Crippen molar-refractivity contribution in [2.45, 2.75) is 123 Å². The third-order valence-electron chi connectivity index (χ3n) is 15.1. The van der Waals surface area contributed by atoms with Gasteiger partial charge < -0.3 is 50.7 Å². The maximum absolute atomic E-state index is 13.3. The summed E-state index contributed by atoms with van der Waals surface area (Å²) in [5, 5.41) is 51.3. The molecule has 5 aromatic heterocycles. The largest absolute Gasteiger partial charge is 0.487 e. The van der Waals surface area contributed by atoms with Crippen molar-refractivity contribution in [2.24, 2.45) is 44.6 Å². The van der Waals surface area contributed by atoms with Gasteiger partial charge in [0.15, 0.2) is 6.04 Å².